The number of benzene rings is 1. The molecule has 1 aromatic rings. The molecule has 1 rings (SSSR count). The average molecular weight is 220 g/mol. The van der Waals surface area contributed by atoms with Gasteiger partial charge in [0.15, 0.2) is 0 Å². The van der Waals surface area contributed by atoms with Crippen molar-refractivity contribution in [2.45, 2.75) is 12.8 Å². The zero-order valence-corrected chi connectivity index (χ0v) is 8.39. The van der Waals surface area contributed by atoms with Gasteiger partial charge in [-0.05, 0) is 19.1 Å². The largest absolute Gasteiger partial charge is 0.278 e. The van der Waals surface area contributed by atoms with E-state index in [-0.39, 0.29) is 11.6 Å². The molecule has 0 saturated carbocycles. The topological polar surface area (TPSA) is 43.1 Å². The smallest absolute Gasteiger partial charge is 0.258 e. The number of hydrogen-bond donors (Lipinski definition) is 0. The molecule has 5 heteroatoms. The lowest BCUT2D eigenvalue weighted by atomic mass is 10.1. The molecule has 0 aromatic heterocycles. The van der Waals surface area contributed by atoms with Gasteiger partial charge in [0.1, 0.15) is 0 Å². The van der Waals surface area contributed by atoms with Gasteiger partial charge in [0.2, 0.25) is 0 Å². The fourth-order valence-electron chi connectivity index (χ4n) is 1.09. The summed E-state index contributed by atoms with van der Waals surface area (Å²) in [6.07, 6.45) is 0. The van der Waals surface area contributed by atoms with E-state index >= 15 is 0 Å². The summed E-state index contributed by atoms with van der Waals surface area (Å²) in [5.74, 6) is 0.119. The minimum absolute atomic E-state index is 0.0162. The van der Waals surface area contributed by atoms with Crippen molar-refractivity contribution in [1.82, 2.24) is 0 Å². The van der Waals surface area contributed by atoms with Crippen molar-refractivity contribution in [2.24, 2.45) is 0 Å². The SMILES string of the molecule is Cc1c(Cl)ccc(CCl)c1[N+](=O)[O-]. The zero-order chi connectivity index (χ0) is 10.0. The summed E-state index contributed by atoms with van der Waals surface area (Å²) in [5, 5.41) is 11.0. The van der Waals surface area contributed by atoms with Crippen molar-refractivity contribution < 1.29 is 4.92 Å². The summed E-state index contributed by atoms with van der Waals surface area (Å²) in [5.41, 5.74) is 0.973. The molecule has 0 radical (unpaired) electrons. The molecule has 0 N–H and O–H groups in total. The van der Waals surface area contributed by atoms with Crippen LogP contribution >= 0.6 is 23.2 Å². The zero-order valence-electron chi connectivity index (χ0n) is 6.88. The predicted octanol–water partition coefficient (Wildman–Crippen LogP) is 3.30. The Morgan fingerprint density at radius 2 is 2.15 bits per heavy atom. The molecule has 0 aliphatic heterocycles. The van der Waals surface area contributed by atoms with Gasteiger partial charge in [0.05, 0.1) is 15.8 Å². The maximum atomic E-state index is 10.6. The molecule has 3 nitrogen and oxygen atoms in total. The Morgan fingerprint density at radius 3 is 2.62 bits per heavy atom. The van der Waals surface area contributed by atoms with Crippen molar-refractivity contribution in [3.63, 3.8) is 0 Å². The predicted molar refractivity (Wildman–Crippen MR) is 52.4 cm³/mol. The van der Waals surface area contributed by atoms with Crippen LogP contribution in [0.25, 0.3) is 0 Å². The highest BCUT2D eigenvalue weighted by Gasteiger charge is 2.18. The molecule has 0 fully saturated rings. The first-order valence-electron chi connectivity index (χ1n) is 3.56. The maximum absolute atomic E-state index is 10.6. The lowest BCUT2D eigenvalue weighted by Gasteiger charge is -2.03. The Morgan fingerprint density at radius 1 is 1.54 bits per heavy atom. The van der Waals surface area contributed by atoms with Crippen LogP contribution in [0, 0.1) is 17.0 Å². The van der Waals surface area contributed by atoms with E-state index < -0.39 is 4.92 Å². The second-order valence-corrected chi connectivity index (χ2v) is 3.25. The molecular weight excluding hydrogens is 213 g/mol. The highest BCUT2D eigenvalue weighted by Crippen LogP contribution is 2.30. The average Bonchev–Trinajstić information content (AvgIpc) is 2.08. The normalized spacial score (nSPS) is 10.1. The van der Waals surface area contributed by atoms with E-state index in [1.165, 1.54) is 0 Å². The minimum Gasteiger partial charge on any atom is -0.258 e. The number of nitro benzene ring substituents is 1. The van der Waals surface area contributed by atoms with Gasteiger partial charge in [0, 0.05) is 11.1 Å². The third kappa shape index (κ3) is 1.92. The third-order valence-corrected chi connectivity index (χ3v) is 2.47. The third-order valence-electron chi connectivity index (χ3n) is 1.77. The fraction of sp³-hybridized carbons (Fsp3) is 0.250. The molecule has 0 spiro atoms. The van der Waals surface area contributed by atoms with Crippen LogP contribution in [0.3, 0.4) is 0 Å². The van der Waals surface area contributed by atoms with Crippen molar-refractivity contribution in [3.05, 3.63) is 38.4 Å². The number of rotatable bonds is 2. The van der Waals surface area contributed by atoms with Crippen molar-refractivity contribution in [1.29, 1.82) is 0 Å². The Bertz CT molecular complexity index is 352. The van der Waals surface area contributed by atoms with Crippen LogP contribution in [0.15, 0.2) is 12.1 Å². The second kappa shape index (κ2) is 3.94. The van der Waals surface area contributed by atoms with E-state index in [2.05, 4.69) is 0 Å². The summed E-state index contributed by atoms with van der Waals surface area (Å²) < 4.78 is 0. The van der Waals surface area contributed by atoms with E-state index in [1.807, 2.05) is 0 Å². The van der Waals surface area contributed by atoms with E-state index in [1.54, 1.807) is 19.1 Å². The van der Waals surface area contributed by atoms with Crippen LogP contribution in [0.2, 0.25) is 5.02 Å². The van der Waals surface area contributed by atoms with E-state index in [0.717, 1.165) is 0 Å². The summed E-state index contributed by atoms with van der Waals surface area (Å²) in [6, 6.07) is 3.18. The molecule has 0 unspecified atom stereocenters. The van der Waals surface area contributed by atoms with Gasteiger partial charge in [-0.15, -0.1) is 11.6 Å². The number of halogens is 2. The summed E-state index contributed by atoms with van der Waals surface area (Å²) in [7, 11) is 0. The summed E-state index contributed by atoms with van der Waals surface area (Å²) in [4.78, 5) is 10.2. The van der Waals surface area contributed by atoms with Gasteiger partial charge in [-0.25, -0.2) is 0 Å². The Kier molecular flexibility index (Phi) is 3.12. The Labute approximate surface area is 85.4 Å². The van der Waals surface area contributed by atoms with Crippen LogP contribution in [-0.4, -0.2) is 4.92 Å². The van der Waals surface area contributed by atoms with Gasteiger partial charge < -0.3 is 0 Å². The van der Waals surface area contributed by atoms with Crippen molar-refractivity contribution in [2.75, 3.05) is 0 Å². The second-order valence-electron chi connectivity index (χ2n) is 2.57. The number of alkyl halides is 1. The van der Waals surface area contributed by atoms with Crippen molar-refractivity contribution in [3.8, 4) is 0 Å². The molecule has 70 valence electrons. The van der Waals surface area contributed by atoms with Crippen LogP contribution < -0.4 is 0 Å². The summed E-state index contributed by atoms with van der Waals surface area (Å²) in [6.45, 7) is 1.61. The first kappa shape index (κ1) is 10.3. The quantitative estimate of drug-likeness (QED) is 0.436. The molecule has 0 bridgehead atoms. The number of nitro groups is 1. The highest BCUT2D eigenvalue weighted by molar-refractivity contribution is 6.31. The van der Waals surface area contributed by atoms with Crippen molar-refractivity contribution >= 4 is 28.9 Å². The molecule has 0 aliphatic carbocycles. The Hall–Kier alpha value is -0.800. The Balaban J connectivity index is 3.41. The number of nitrogens with zero attached hydrogens (tertiary/aromatic N) is 1. The fourth-order valence-corrected chi connectivity index (χ4v) is 1.46. The standard InChI is InChI=1S/C8H7Cl2NO2/c1-5-7(10)3-2-6(4-9)8(5)11(12)13/h2-3H,4H2,1H3. The molecule has 0 amide bonds. The van der Waals surface area contributed by atoms with E-state index in [0.29, 0.717) is 16.1 Å². The molecule has 1 aromatic carbocycles. The highest BCUT2D eigenvalue weighted by atomic mass is 35.5. The van der Waals surface area contributed by atoms with Crippen LogP contribution in [-0.2, 0) is 5.88 Å². The maximum Gasteiger partial charge on any atom is 0.278 e. The molecule has 0 saturated heterocycles. The first-order chi connectivity index (χ1) is 6.07. The lowest BCUT2D eigenvalue weighted by Crippen LogP contribution is -1.97. The molecule has 0 aliphatic rings. The van der Waals surface area contributed by atoms with Gasteiger partial charge >= 0.3 is 0 Å². The minimum atomic E-state index is -0.459. The van der Waals surface area contributed by atoms with E-state index in [9.17, 15) is 10.1 Å². The molecule has 13 heavy (non-hydrogen) atoms. The van der Waals surface area contributed by atoms with Crippen LogP contribution in [0.5, 0.6) is 0 Å². The van der Waals surface area contributed by atoms with Gasteiger partial charge in [-0.3, -0.25) is 10.1 Å². The van der Waals surface area contributed by atoms with Crippen LogP contribution in [0.1, 0.15) is 11.1 Å². The van der Waals surface area contributed by atoms with Gasteiger partial charge in [0.25, 0.3) is 5.69 Å². The van der Waals surface area contributed by atoms with Crippen LogP contribution in [0.4, 0.5) is 5.69 Å². The lowest BCUT2D eigenvalue weighted by molar-refractivity contribution is -0.386. The monoisotopic (exact) mass is 219 g/mol. The van der Waals surface area contributed by atoms with E-state index in [4.69, 9.17) is 23.2 Å². The number of hydrogen-bond acceptors (Lipinski definition) is 2. The van der Waals surface area contributed by atoms with Gasteiger partial charge in [-0.2, -0.15) is 0 Å². The molecular formula is C8H7Cl2NO2. The molecule has 0 atom stereocenters. The summed E-state index contributed by atoms with van der Waals surface area (Å²) >= 11 is 11.3. The molecule has 0 heterocycles. The van der Waals surface area contributed by atoms with Gasteiger partial charge in [-0.1, -0.05) is 11.6 Å². The first-order valence-corrected chi connectivity index (χ1v) is 4.47.